The number of benzene rings is 1. The molecule has 22 heavy (non-hydrogen) atoms. The predicted molar refractivity (Wildman–Crippen MR) is 91.4 cm³/mol. The molecule has 0 aliphatic carbocycles. The normalized spacial score (nSPS) is 20.0. The number of amides is 1. The molecule has 0 saturated carbocycles. The topological polar surface area (TPSA) is 32.3 Å². The largest absolute Gasteiger partial charge is 0.384 e. The van der Waals surface area contributed by atoms with E-state index >= 15 is 0 Å². The molecule has 0 aromatic heterocycles. The monoisotopic (exact) mass is 300 g/mol. The average Bonchev–Trinajstić information content (AvgIpc) is 2.77. The Balaban J connectivity index is 1.83. The van der Waals surface area contributed by atoms with Crippen LogP contribution in [0.5, 0.6) is 0 Å². The van der Waals surface area contributed by atoms with Gasteiger partial charge in [0.25, 0.3) is 0 Å². The van der Waals surface area contributed by atoms with E-state index < -0.39 is 0 Å². The molecule has 0 bridgehead atoms. The molecule has 1 N–H and O–H groups in total. The molecule has 3 rings (SSSR count). The van der Waals surface area contributed by atoms with Crippen molar-refractivity contribution in [2.75, 3.05) is 25.0 Å². The Hall–Kier alpha value is -1.51. The van der Waals surface area contributed by atoms with Gasteiger partial charge in [-0.15, -0.1) is 0 Å². The summed E-state index contributed by atoms with van der Waals surface area (Å²) in [5.41, 5.74) is 5.48. The zero-order chi connectivity index (χ0) is 16.1. The molecular formula is C19H28N2O. The molecular weight excluding hydrogens is 272 g/mol. The van der Waals surface area contributed by atoms with Crippen LogP contribution in [-0.4, -0.2) is 30.4 Å². The highest BCUT2D eigenvalue weighted by Crippen LogP contribution is 2.46. The summed E-state index contributed by atoms with van der Waals surface area (Å²) in [4.78, 5) is 14.6. The third kappa shape index (κ3) is 2.41. The summed E-state index contributed by atoms with van der Waals surface area (Å²) >= 11 is 0. The van der Waals surface area contributed by atoms with Gasteiger partial charge in [0.1, 0.15) is 0 Å². The van der Waals surface area contributed by atoms with E-state index in [0.29, 0.717) is 0 Å². The van der Waals surface area contributed by atoms with Crippen LogP contribution in [0.3, 0.4) is 0 Å². The second kappa shape index (κ2) is 5.00. The first-order valence-electron chi connectivity index (χ1n) is 8.38. The summed E-state index contributed by atoms with van der Waals surface area (Å²) in [6.45, 7) is 13.2. The number of nitrogens with zero attached hydrogens (tertiary/aromatic N) is 1. The van der Waals surface area contributed by atoms with Crippen molar-refractivity contribution in [2.24, 2.45) is 5.41 Å². The number of likely N-dealkylation sites (tertiary alicyclic amines) is 1. The molecule has 1 aromatic rings. The molecule has 0 atom stereocenters. The molecule has 0 unspecified atom stereocenters. The highest BCUT2D eigenvalue weighted by molar-refractivity contribution is 5.81. The minimum Gasteiger partial charge on any atom is -0.384 e. The number of nitrogens with one attached hydrogen (secondary N) is 1. The number of carbonyl (C=O) groups is 1. The van der Waals surface area contributed by atoms with Crippen molar-refractivity contribution in [3.05, 3.63) is 28.8 Å². The fourth-order valence-corrected chi connectivity index (χ4v) is 4.20. The number of aryl methyl sites for hydroxylation is 2. The zero-order valence-corrected chi connectivity index (χ0v) is 14.5. The van der Waals surface area contributed by atoms with Gasteiger partial charge in [0, 0.05) is 36.2 Å². The van der Waals surface area contributed by atoms with Gasteiger partial charge in [0.2, 0.25) is 5.91 Å². The van der Waals surface area contributed by atoms with Crippen LogP contribution in [0.4, 0.5) is 5.69 Å². The van der Waals surface area contributed by atoms with Gasteiger partial charge < -0.3 is 10.2 Å². The minimum atomic E-state index is -0.274. The molecule has 2 heterocycles. The van der Waals surface area contributed by atoms with Crippen LogP contribution in [0.2, 0.25) is 0 Å². The Morgan fingerprint density at radius 3 is 2.41 bits per heavy atom. The van der Waals surface area contributed by atoms with Crippen LogP contribution in [0.25, 0.3) is 0 Å². The van der Waals surface area contributed by atoms with Crippen molar-refractivity contribution in [1.29, 1.82) is 0 Å². The Morgan fingerprint density at radius 2 is 1.82 bits per heavy atom. The summed E-state index contributed by atoms with van der Waals surface area (Å²) in [7, 11) is 0. The van der Waals surface area contributed by atoms with E-state index in [0.717, 1.165) is 32.5 Å². The zero-order valence-electron chi connectivity index (χ0n) is 14.5. The molecule has 1 saturated heterocycles. The van der Waals surface area contributed by atoms with Crippen LogP contribution < -0.4 is 5.32 Å². The SMILES string of the molecule is Cc1cc(C)c2c(c1)NCC21CCN(C(=O)C(C)(C)C)CC1. The average molecular weight is 300 g/mol. The Labute approximate surface area is 134 Å². The number of rotatable bonds is 0. The molecule has 3 nitrogen and oxygen atoms in total. The van der Waals surface area contributed by atoms with Crippen LogP contribution in [0, 0.1) is 19.3 Å². The van der Waals surface area contributed by atoms with Gasteiger partial charge >= 0.3 is 0 Å². The van der Waals surface area contributed by atoms with Crippen molar-refractivity contribution in [3.8, 4) is 0 Å². The van der Waals surface area contributed by atoms with E-state index in [-0.39, 0.29) is 16.7 Å². The third-order valence-electron chi connectivity index (χ3n) is 5.28. The number of hydrogen-bond donors (Lipinski definition) is 1. The van der Waals surface area contributed by atoms with Crippen molar-refractivity contribution >= 4 is 11.6 Å². The predicted octanol–water partition coefficient (Wildman–Crippen LogP) is 3.64. The third-order valence-corrected chi connectivity index (χ3v) is 5.28. The lowest BCUT2D eigenvalue weighted by molar-refractivity contribution is -0.141. The fourth-order valence-electron chi connectivity index (χ4n) is 4.20. The van der Waals surface area contributed by atoms with Crippen molar-refractivity contribution in [2.45, 2.75) is 52.9 Å². The van der Waals surface area contributed by atoms with E-state index in [1.54, 1.807) is 0 Å². The van der Waals surface area contributed by atoms with E-state index in [4.69, 9.17) is 0 Å². The summed E-state index contributed by atoms with van der Waals surface area (Å²) in [5.74, 6) is 0.286. The molecule has 120 valence electrons. The molecule has 3 heteroatoms. The number of anilines is 1. The van der Waals surface area contributed by atoms with E-state index in [9.17, 15) is 4.79 Å². The van der Waals surface area contributed by atoms with Crippen LogP contribution >= 0.6 is 0 Å². The fraction of sp³-hybridized carbons (Fsp3) is 0.632. The molecule has 1 spiro atoms. The van der Waals surface area contributed by atoms with Crippen LogP contribution in [-0.2, 0) is 10.2 Å². The van der Waals surface area contributed by atoms with Crippen molar-refractivity contribution in [1.82, 2.24) is 4.90 Å². The second-order valence-corrected chi connectivity index (χ2v) is 8.18. The van der Waals surface area contributed by atoms with E-state index in [1.165, 1.54) is 22.4 Å². The quantitative estimate of drug-likeness (QED) is 0.793. The summed E-state index contributed by atoms with van der Waals surface area (Å²) < 4.78 is 0. The van der Waals surface area contributed by atoms with Gasteiger partial charge in [0.15, 0.2) is 0 Å². The molecule has 1 amide bonds. The molecule has 2 aliphatic heterocycles. The van der Waals surface area contributed by atoms with E-state index in [2.05, 4.69) is 36.2 Å². The number of fused-ring (bicyclic) bond motifs is 2. The lowest BCUT2D eigenvalue weighted by Gasteiger charge is -2.41. The van der Waals surface area contributed by atoms with Gasteiger partial charge in [0.05, 0.1) is 0 Å². The summed E-state index contributed by atoms with van der Waals surface area (Å²) in [6.07, 6.45) is 2.14. The lowest BCUT2D eigenvalue weighted by Crippen LogP contribution is -2.49. The maximum Gasteiger partial charge on any atom is 0.227 e. The highest BCUT2D eigenvalue weighted by Gasteiger charge is 2.44. The molecule has 0 radical (unpaired) electrons. The number of carbonyl (C=O) groups excluding carboxylic acids is 1. The smallest absolute Gasteiger partial charge is 0.227 e. The molecule has 1 aromatic carbocycles. The first kappa shape index (κ1) is 15.4. The molecule has 2 aliphatic rings. The first-order valence-corrected chi connectivity index (χ1v) is 8.38. The van der Waals surface area contributed by atoms with Gasteiger partial charge in [-0.2, -0.15) is 0 Å². The number of piperidine rings is 1. The Bertz CT molecular complexity index is 605. The standard InChI is InChI=1S/C19H28N2O/c1-13-10-14(2)16-15(11-13)20-12-19(16)6-8-21(9-7-19)17(22)18(3,4)5/h10-11,20H,6-9,12H2,1-5H3. The molecule has 1 fully saturated rings. The van der Waals surface area contributed by atoms with Crippen LogP contribution in [0.15, 0.2) is 12.1 Å². The lowest BCUT2D eigenvalue weighted by atomic mass is 9.72. The summed E-state index contributed by atoms with van der Waals surface area (Å²) in [6, 6.07) is 4.56. The second-order valence-electron chi connectivity index (χ2n) is 8.18. The summed E-state index contributed by atoms with van der Waals surface area (Å²) in [5, 5.41) is 3.61. The van der Waals surface area contributed by atoms with E-state index in [1.807, 2.05) is 20.8 Å². The maximum absolute atomic E-state index is 12.5. The van der Waals surface area contributed by atoms with Gasteiger partial charge in [-0.25, -0.2) is 0 Å². The van der Waals surface area contributed by atoms with Gasteiger partial charge in [-0.1, -0.05) is 26.8 Å². The van der Waals surface area contributed by atoms with Crippen molar-refractivity contribution in [3.63, 3.8) is 0 Å². The highest BCUT2D eigenvalue weighted by atomic mass is 16.2. The maximum atomic E-state index is 12.5. The first-order chi connectivity index (χ1) is 10.2. The Kier molecular flexibility index (Phi) is 3.50. The number of hydrogen-bond acceptors (Lipinski definition) is 2. The van der Waals surface area contributed by atoms with Crippen molar-refractivity contribution < 1.29 is 4.79 Å². The van der Waals surface area contributed by atoms with Crippen LogP contribution in [0.1, 0.15) is 50.3 Å². The van der Waals surface area contributed by atoms with Gasteiger partial charge in [-0.05, 0) is 49.4 Å². The minimum absolute atomic E-state index is 0.224. The Morgan fingerprint density at radius 1 is 1.18 bits per heavy atom. The van der Waals surface area contributed by atoms with Gasteiger partial charge in [-0.3, -0.25) is 4.79 Å².